The van der Waals surface area contributed by atoms with Gasteiger partial charge in [-0.3, -0.25) is 0 Å². The summed E-state index contributed by atoms with van der Waals surface area (Å²) in [4.78, 5) is 0. The number of unbranched alkanes of at least 4 members (excludes halogenated alkanes) is 10. The number of hydrogen-bond donors (Lipinski definition) is 0. The van der Waals surface area contributed by atoms with Crippen LogP contribution in [0.4, 0.5) is 0 Å². The minimum absolute atomic E-state index is 0.670. The third-order valence-electron chi connectivity index (χ3n) is 9.10. The van der Waals surface area contributed by atoms with E-state index in [2.05, 4.69) is 77.4 Å². The smallest absolute Gasteiger partial charge is 0.0245 e. The average Bonchev–Trinajstić information content (AvgIpc) is 2.98. The van der Waals surface area contributed by atoms with Crippen LogP contribution in [0.3, 0.4) is 0 Å². The van der Waals surface area contributed by atoms with Crippen molar-refractivity contribution in [3.63, 3.8) is 0 Å². The van der Waals surface area contributed by atoms with Crippen LogP contribution in [0.25, 0.3) is 0 Å². The van der Waals surface area contributed by atoms with E-state index in [1.54, 1.807) is 27.8 Å². The monoisotopic (exact) mass is 560 g/mol. The van der Waals surface area contributed by atoms with E-state index >= 15 is 0 Å². The van der Waals surface area contributed by atoms with Gasteiger partial charge in [0, 0.05) is 0 Å². The van der Waals surface area contributed by atoms with E-state index in [0.717, 1.165) is 6.42 Å². The van der Waals surface area contributed by atoms with Crippen LogP contribution < -0.4 is 0 Å². The van der Waals surface area contributed by atoms with Crippen molar-refractivity contribution in [2.24, 2.45) is 5.92 Å². The molecule has 2 aromatic rings. The van der Waals surface area contributed by atoms with Crippen LogP contribution in [0.1, 0.15) is 171 Å². The molecule has 1 atom stereocenters. The Balaban J connectivity index is 2.14. The summed E-state index contributed by atoms with van der Waals surface area (Å²) in [6.45, 7) is 11.6. The van der Waals surface area contributed by atoms with Crippen LogP contribution >= 0.6 is 0 Å². The first kappa shape index (κ1) is 35.6. The molecule has 0 heteroatoms. The minimum atomic E-state index is 0.670. The Morgan fingerprint density at radius 2 is 0.878 bits per heavy atom. The van der Waals surface area contributed by atoms with Gasteiger partial charge in [0.05, 0.1) is 0 Å². The predicted molar refractivity (Wildman–Crippen MR) is 185 cm³/mol. The molecular formula is C41H67. The van der Waals surface area contributed by atoms with E-state index in [0.29, 0.717) is 5.92 Å². The zero-order valence-electron chi connectivity index (χ0n) is 28.2. The van der Waals surface area contributed by atoms with E-state index in [9.17, 15) is 0 Å². The second-order valence-corrected chi connectivity index (χ2v) is 12.9. The SMILES string of the molecule is CCCCCc1ccc(C[CH]C(CCCCC)Cc2ccc(CCCCC)c(CCCCC)c2)cc1CCCCC. The van der Waals surface area contributed by atoms with Gasteiger partial charge in [0.25, 0.3) is 0 Å². The Morgan fingerprint density at radius 3 is 1.37 bits per heavy atom. The lowest BCUT2D eigenvalue weighted by atomic mass is 9.86. The molecule has 1 radical (unpaired) electrons. The highest BCUT2D eigenvalue weighted by atomic mass is 14.2. The van der Waals surface area contributed by atoms with E-state index in [-0.39, 0.29) is 0 Å². The lowest BCUT2D eigenvalue weighted by Crippen LogP contribution is -2.09. The molecule has 0 fully saturated rings. The van der Waals surface area contributed by atoms with Crippen molar-refractivity contribution in [3.05, 3.63) is 76.2 Å². The number of hydrogen-bond acceptors (Lipinski definition) is 0. The molecule has 0 saturated heterocycles. The summed E-state index contributed by atoms with van der Waals surface area (Å²) < 4.78 is 0. The molecule has 2 aromatic carbocycles. The van der Waals surface area contributed by atoms with Gasteiger partial charge < -0.3 is 0 Å². The van der Waals surface area contributed by atoms with Crippen LogP contribution in [-0.2, 0) is 38.5 Å². The highest BCUT2D eigenvalue weighted by molar-refractivity contribution is 5.35. The Bertz CT molecular complexity index is 906. The third kappa shape index (κ3) is 14.9. The van der Waals surface area contributed by atoms with Gasteiger partial charge in [0.2, 0.25) is 0 Å². The first-order chi connectivity index (χ1) is 20.1. The maximum Gasteiger partial charge on any atom is -0.0245 e. The summed E-state index contributed by atoms with van der Waals surface area (Å²) in [6.07, 6.45) is 31.4. The molecule has 0 aromatic heterocycles. The van der Waals surface area contributed by atoms with Crippen molar-refractivity contribution in [1.29, 1.82) is 0 Å². The molecule has 2 rings (SSSR count). The summed E-state index contributed by atoms with van der Waals surface area (Å²) in [5.41, 5.74) is 9.63. The molecule has 0 spiro atoms. The second-order valence-electron chi connectivity index (χ2n) is 12.9. The molecule has 41 heavy (non-hydrogen) atoms. The average molecular weight is 560 g/mol. The number of aryl methyl sites for hydroxylation is 4. The first-order valence-corrected chi connectivity index (χ1v) is 18.2. The topological polar surface area (TPSA) is 0 Å². The van der Waals surface area contributed by atoms with Gasteiger partial charge in [-0.15, -0.1) is 0 Å². The largest absolute Gasteiger partial charge is 0.0654 e. The third-order valence-corrected chi connectivity index (χ3v) is 9.10. The number of benzene rings is 2. The normalized spacial score (nSPS) is 12.2. The van der Waals surface area contributed by atoms with E-state index in [1.807, 2.05) is 0 Å². The zero-order chi connectivity index (χ0) is 29.5. The Kier molecular flexibility index (Phi) is 20.0. The van der Waals surface area contributed by atoms with Crippen LogP contribution in [0.2, 0.25) is 0 Å². The number of rotatable bonds is 25. The summed E-state index contributed by atoms with van der Waals surface area (Å²) in [6, 6.07) is 15.1. The van der Waals surface area contributed by atoms with Crippen LogP contribution in [0.5, 0.6) is 0 Å². The lowest BCUT2D eigenvalue weighted by molar-refractivity contribution is 0.501. The zero-order valence-corrected chi connectivity index (χ0v) is 28.2. The van der Waals surface area contributed by atoms with Crippen molar-refractivity contribution in [1.82, 2.24) is 0 Å². The fraction of sp³-hybridized carbons (Fsp3) is 0.683. The molecular weight excluding hydrogens is 492 g/mol. The summed E-state index contributed by atoms with van der Waals surface area (Å²) in [5.74, 6) is 0.670. The molecule has 0 aliphatic carbocycles. The molecule has 0 saturated carbocycles. The minimum Gasteiger partial charge on any atom is -0.0654 e. The summed E-state index contributed by atoms with van der Waals surface area (Å²) >= 11 is 0. The molecule has 1 unspecified atom stereocenters. The van der Waals surface area contributed by atoms with Crippen LogP contribution in [-0.4, -0.2) is 0 Å². The van der Waals surface area contributed by atoms with Crippen LogP contribution in [0.15, 0.2) is 36.4 Å². The summed E-state index contributed by atoms with van der Waals surface area (Å²) in [5, 5.41) is 0. The quantitative estimate of drug-likeness (QED) is 0.106. The van der Waals surface area contributed by atoms with Crippen molar-refractivity contribution < 1.29 is 0 Å². The van der Waals surface area contributed by atoms with Crippen molar-refractivity contribution in [2.75, 3.05) is 0 Å². The van der Waals surface area contributed by atoms with Crippen molar-refractivity contribution >= 4 is 0 Å². The van der Waals surface area contributed by atoms with Gasteiger partial charge in [-0.2, -0.15) is 0 Å². The first-order valence-electron chi connectivity index (χ1n) is 18.2. The van der Waals surface area contributed by atoms with Crippen molar-refractivity contribution in [2.45, 2.75) is 176 Å². The Labute approximate surface area is 257 Å². The van der Waals surface area contributed by atoms with Gasteiger partial charge in [-0.1, -0.05) is 142 Å². The standard InChI is InChI=1S/C41H67/c1-6-11-16-21-35(32-37-29-31-39(23-18-13-8-3)41(34-37)25-20-15-10-5)26-27-36-28-30-38(22-17-12-7-2)40(33-36)24-19-14-9-4/h26,28-31,33-35H,6-25,27,32H2,1-5H3. The van der Waals surface area contributed by atoms with Gasteiger partial charge in [-0.25, -0.2) is 0 Å². The highest BCUT2D eigenvalue weighted by Crippen LogP contribution is 2.26. The molecule has 0 bridgehead atoms. The van der Waals surface area contributed by atoms with Gasteiger partial charge >= 0.3 is 0 Å². The predicted octanol–water partition coefficient (Wildman–Crippen LogP) is 12.8. The highest BCUT2D eigenvalue weighted by Gasteiger charge is 2.14. The molecule has 0 aliphatic heterocycles. The van der Waals surface area contributed by atoms with E-state index in [4.69, 9.17) is 0 Å². The molecule has 0 nitrogen and oxygen atoms in total. The van der Waals surface area contributed by atoms with Gasteiger partial charge in [0.1, 0.15) is 0 Å². The fourth-order valence-corrected chi connectivity index (χ4v) is 6.39. The fourth-order valence-electron chi connectivity index (χ4n) is 6.39. The molecule has 0 N–H and O–H groups in total. The maximum atomic E-state index is 2.68. The second kappa shape index (κ2) is 23.0. The van der Waals surface area contributed by atoms with Gasteiger partial charge in [0.15, 0.2) is 0 Å². The van der Waals surface area contributed by atoms with Gasteiger partial charge in [-0.05, 0) is 116 Å². The van der Waals surface area contributed by atoms with Crippen molar-refractivity contribution in [3.8, 4) is 0 Å². The van der Waals surface area contributed by atoms with E-state index in [1.165, 1.54) is 140 Å². The Morgan fingerprint density at radius 1 is 0.463 bits per heavy atom. The Hall–Kier alpha value is -1.56. The molecule has 0 heterocycles. The summed E-state index contributed by atoms with van der Waals surface area (Å²) in [7, 11) is 0. The van der Waals surface area contributed by atoms with E-state index < -0.39 is 0 Å². The molecule has 231 valence electrons. The maximum absolute atomic E-state index is 2.68. The molecule has 0 amide bonds. The molecule has 0 aliphatic rings. The lowest BCUT2D eigenvalue weighted by Gasteiger charge is -2.19. The van der Waals surface area contributed by atoms with Crippen LogP contribution in [0, 0.1) is 12.3 Å².